The van der Waals surface area contributed by atoms with E-state index in [1.807, 2.05) is 12.1 Å². The fourth-order valence-corrected chi connectivity index (χ4v) is 2.44. The van der Waals surface area contributed by atoms with E-state index >= 15 is 0 Å². The van der Waals surface area contributed by atoms with Gasteiger partial charge in [0.25, 0.3) is 0 Å². The average molecular weight is 290 g/mol. The molecule has 3 rings (SSSR count). The largest absolute Gasteiger partial charge is 0.372 e. The van der Waals surface area contributed by atoms with Gasteiger partial charge in [-0.3, -0.25) is 4.98 Å². The molecule has 0 saturated carbocycles. The standard InChI is InChI=1S/C16H16F2N2O/c17-14-4-3-11(8-15(14)18)16-12(2-1-6-20-16)10-21-13-5-7-19-9-13/h1-4,6,8,13,19H,5,7,9-10H2/t13-/m0/s1. The minimum absolute atomic E-state index is 0.197. The molecule has 2 heterocycles. The summed E-state index contributed by atoms with van der Waals surface area (Å²) < 4.78 is 32.3. The second kappa shape index (κ2) is 6.28. The molecule has 0 spiro atoms. The molecule has 3 nitrogen and oxygen atoms in total. The van der Waals surface area contributed by atoms with Crippen LogP contribution < -0.4 is 5.32 Å². The van der Waals surface area contributed by atoms with Gasteiger partial charge in [0.2, 0.25) is 0 Å². The highest BCUT2D eigenvalue weighted by Gasteiger charge is 2.16. The Labute approximate surface area is 122 Å². The smallest absolute Gasteiger partial charge is 0.159 e. The minimum atomic E-state index is -0.870. The third kappa shape index (κ3) is 3.25. The van der Waals surface area contributed by atoms with E-state index in [0.29, 0.717) is 17.9 Å². The molecule has 1 N–H and O–H groups in total. The first-order chi connectivity index (χ1) is 10.2. The topological polar surface area (TPSA) is 34.1 Å². The molecule has 0 radical (unpaired) electrons. The zero-order valence-corrected chi connectivity index (χ0v) is 11.5. The Kier molecular flexibility index (Phi) is 4.22. The third-order valence-electron chi connectivity index (χ3n) is 3.57. The van der Waals surface area contributed by atoms with Gasteiger partial charge in [0.15, 0.2) is 11.6 Å². The molecular formula is C16H16F2N2O. The van der Waals surface area contributed by atoms with E-state index in [4.69, 9.17) is 4.74 Å². The van der Waals surface area contributed by atoms with Crippen LogP contribution in [0.3, 0.4) is 0 Å². The Morgan fingerprint density at radius 3 is 2.90 bits per heavy atom. The van der Waals surface area contributed by atoms with Gasteiger partial charge in [-0.1, -0.05) is 6.07 Å². The lowest BCUT2D eigenvalue weighted by Crippen LogP contribution is -2.16. The van der Waals surface area contributed by atoms with Crippen molar-refractivity contribution < 1.29 is 13.5 Å². The summed E-state index contributed by atoms with van der Waals surface area (Å²) in [5, 5.41) is 3.24. The van der Waals surface area contributed by atoms with Crippen molar-refractivity contribution in [3.8, 4) is 11.3 Å². The predicted octanol–water partition coefficient (Wildman–Crippen LogP) is 2.91. The molecule has 0 unspecified atom stereocenters. The molecular weight excluding hydrogens is 274 g/mol. The third-order valence-corrected chi connectivity index (χ3v) is 3.57. The summed E-state index contributed by atoms with van der Waals surface area (Å²) in [7, 11) is 0. The highest BCUT2D eigenvalue weighted by atomic mass is 19.2. The fraction of sp³-hybridized carbons (Fsp3) is 0.312. The van der Waals surface area contributed by atoms with Crippen LogP contribution >= 0.6 is 0 Å². The maximum Gasteiger partial charge on any atom is 0.159 e. The summed E-state index contributed by atoms with van der Waals surface area (Å²) in [6, 6.07) is 7.52. The van der Waals surface area contributed by atoms with Crippen LogP contribution in [0.5, 0.6) is 0 Å². The van der Waals surface area contributed by atoms with Gasteiger partial charge in [0, 0.05) is 23.9 Å². The van der Waals surface area contributed by atoms with Gasteiger partial charge in [-0.15, -0.1) is 0 Å². The van der Waals surface area contributed by atoms with Crippen LogP contribution in [0.15, 0.2) is 36.5 Å². The molecule has 2 aromatic rings. The Balaban J connectivity index is 1.82. The summed E-state index contributed by atoms with van der Waals surface area (Å²) >= 11 is 0. The highest BCUT2D eigenvalue weighted by molar-refractivity contribution is 5.62. The monoisotopic (exact) mass is 290 g/mol. The quantitative estimate of drug-likeness (QED) is 0.940. The molecule has 1 saturated heterocycles. The van der Waals surface area contributed by atoms with E-state index in [1.165, 1.54) is 6.07 Å². The van der Waals surface area contributed by atoms with Gasteiger partial charge in [0.1, 0.15) is 0 Å². The molecule has 0 aliphatic carbocycles. The number of nitrogens with one attached hydrogen (secondary N) is 1. The Bertz CT molecular complexity index is 627. The molecule has 0 amide bonds. The van der Waals surface area contributed by atoms with Crippen molar-refractivity contribution in [1.82, 2.24) is 10.3 Å². The summed E-state index contributed by atoms with van der Waals surface area (Å²) in [6.45, 7) is 2.23. The average Bonchev–Trinajstić information content (AvgIpc) is 3.02. The zero-order valence-electron chi connectivity index (χ0n) is 11.5. The lowest BCUT2D eigenvalue weighted by Gasteiger charge is -2.13. The number of pyridine rings is 1. The van der Waals surface area contributed by atoms with Crippen molar-refractivity contribution in [2.24, 2.45) is 0 Å². The maximum atomic E-state index is 13.4. The molecule has 21 heavy (non-hydrogen) atoms. The van der Waals surface area contributed by atoms with Crippen molar-refractivity contribution >= 4 is 0 Å². The van der Waals surface area contributed by atoms with Gasteiger partial charge in [-0.25, -0.2) is 8.78 Å². The number of ether oxygens (including phenoxy) is 1. The number of benzene rings is 1. The van der Waals surface area contributed by atoms with Crippen molar-refractivity contribution in [3.05, 3.63) is 53.7 Å². The lowest BCUT2D eigenvalue weighted by molar-refractivity contribution is 0.0543. The van der Waals surface area contributed by atoms with E-state index in [9.17, 15) is 8.78 Å². The number of nitrogens with zero attached hydrogens (tertiary/aromatic N) is 1. The van der Waals surface area contributed by atoms with Crippen LogP contribution in [0.2, 0.25) is 0 Å². The van der Waals surface area contributed by atoms with Crippen molar-refractivity contribution in [2.75, 3.05) is 13.1 Å². The van der Waals surface area contributed by atoms with Crippen molar-refractivity contribution in [3.63, 3.8) is 0 Å². The Hall–Kier alpha value is -1.85. The van der Waals surface area contributed by atoms with Crippen LogP contribution in [-0.4, -0.2) is 24.2 Å². The van der Waals surface area contributed by atoms with Crippen LogP contribution in [0.4, 0.5) is 8.78 Å². The van der Waals surface area contributed by atoms with Crippen LogP contribution in [-0.2, 0) is 11.3 Å². The first-order valence-corrected chi connectivity index (χ1v) is 6.95. The molecule has 5 heteroatoms. The van der Waals surface area contributed by atoms with Crippen molar-refractivity contribution in [2.45, 2.75) is 19.1 Å². The van der Waals surface area contributed by atoms with Gasteiger partial charge in [0.05, 0.1) is 18.4 Å². The molecule has 1 fully saturated rings. The van der Waals surface area contributed by atoms with Gasteiger partial charge >= 0.3 is 0 Å². The van der Waals surface area contributed by atoms with Gasteiger partial charge in [-0.2, -0.15) is 0 Å². The van der Waals surface area contributed by atoms with Gasteiger partial charge < -0.3 is 10.1 Å². The Morgan fingerprint density at radius 1 is 1.24 bits per heavy atom. The predicted molar refractivity (Wildman–Crippen MR) is 75.7 cm³/mol. The second-order valence-corrected chi connectivity index (χ2v) is 5.07. The number of hydrogen-bond acceptors (Lipinski definition) is 3. The fourth-order valence-electron chi connectivity index (χ4n) is 2.44. The number of hydrogen-bond donors (Lipinski definition) is 1. The number of rotatable bonds is 4. The van der Waals surface area contributed by atoms with Crippen LogP contribution in [0.25, 0.3) is 11.3 Å². The van der Waals surface area contributed by atoms with E-state index < -0.39 is 11.6 Å². The van der Waals surface area contributed by atoms with Gasteiger partial charge in [-0.05, 0) is 37.2 Å². The molecule has 1 aromatic heterocycles. The summed E-state index contributed by atoms with van der Waals surface area (Å²) in [5.41, 5.74) is 2.05. The zero-order chi connectivity index (χ0) is 14.7. The molecule has 1 aromatic carbocycles. The minimum Gasteiger partial charge on any atom is -0.372 e. The van der Waals surface area contributed by atoms with E-state index in [-0.39, 0.29) is 6.10 Å². The molecule has 110 valence electrons. The lowest BCUT2D eigenvalue weighted by atomic mass is 10.1. The Morgan fingerprint density at radius 2 is 2.14 bits per heavy atom. The first-order valence-electron chi connectivity index (χ1n) is 6.95. The van der Waals surface area contributed by atoms with E-state index in [2.05, 4.69) is 10.3 Å². The SMILES string of the molecule is Fc1ccc(-c2ncccc2CO[C@H]2CCNC2)cc1F. The van der Waals surface area contributed by atoms with Crippen molar-refractivity contribution in [1.29, 1.82) is 0 Å². The summed E-state index contributed by atoms with van der Waals surface area (Å²) in [5.74, 6) is -1.73. The molecule has 1 aliphatic rings. The summed E-state index contributed by atoms with van der Waals surface area (Å²) in [6.07, 6.45) is 2.82. The molecule has 1 atom stereocenters. The first kappa shape index (κ1) is 14.1. The summed E-state index contributed by atoms with van der Waals surface area (Å²) in [4.78, 5) is 4.28. The molecule has 0 bridgehead atoms. The number of halogens is 2. The maximum absolute atomic E-state index is 13.4. The second-order valence-electron chi connectivity index (χ2n) is 5.07. The van der Waals surface area contributed by atoms with E-state index in [0.717, 1.165) is 37.2 Å². The highest BCUT2D eigenvalue weighted by Crippen LogP contribution is 2.24. The van der Waals surface area contributed by atoms with Crippen LogP contribution in [0, 0.1) is 11.6 Å². The van der Waals surface area contributed by atoms with E-state index in [1.54, 1.807) is 6.20 Å². The normalized spacial score (nSPS) is 18.1. The number of aromatic nitrogens is 1. The molecule has 1 aliphatic heterocycles. The van der Waals surface area contributed by atoms with Crippen LogP contribution in [0.1, 0.15) is 12.0 Å².